The molecule has 4 aromatic rings. The van der Waals surface area contributed by atoms with Crippen molar-refractivity contribution in [1.29, 1.82) is 0 Å². The Morgan fingerprint density at radius 3 is 2.69 bits per heavy atom. The van der Waals surface area contributed by atoms with E-state index < -0.39 is 17.5 Å². The van der Waals surface area contributed by atoms with Crippen LogP contribution in [0, 0.1) is 25.5 Å². The van der Waals surface area contributed by atoms with E-state index in [9.17, 15) is 13.6 Å². The number of thiazole rings is 1. The smallest absolute Gasteiger partial charge is 0.261 e. The molecule has 2 aromatic carbocycles. The lowest BCUT2D eigenvalue weighted by Crippen LogP contribution is -2.14. The van der Waals surface area contributed by atoms with Crippen molar-refractivity contribution in [2.24, 2.45) is 0 Å². The van der Waals surface area contributed by atoms with Gasteiger partial charge in [-0.25, -0.2) is 18.4 Å². The fraction of sp³-hybridized carbons (Fsp3) is 0.150. The number of amides is 1. The van der Waals surface area contributed by atoms with Gasteiger partial charge in [-0.15, -0.1) is 0 Å². The summed E-state index contributed by atoms with van der Waals surface area (Å²) in [6.07, 6.45) is 0. The maximum Gasteiger partial charge on any atom is 0.261 e. The van der Waals surface area contributed by atoms with Crippen molar-refractivity contribution in [1.82, 2.24) is 14.8 Å². The first-order valence-corrected chi connectivity index (χ1v) is 9.46. The van der Waals surface area contributed by atoms with Crippen LogP contribution in [0.2, 0.25) is 0 Å². The van der Waals surface area contributed by atoms with Gasteiger partial charge in [-0.3, -0.25) is 10.1 Å². The van der Waals surface area contributed by atoms with Crippen LogP contribution in [-0.4, -0.2) is 27.8 Å². The van der Waals surface area contributed by atoms with Gasteiger partial charge in [0, 0.05) is 6.07 Å². The van der Waals surface area contributed by atoms with E-state index in [0.717, 1.165) is 22.3 Å². The molecule has 0 atom stereocenters. The van der Waals surface area contributed by atoms with Crippen molar-refractivity contribution in [2.45, 2.75) is 13.8 Å². The second-order valence-corrected chi connectivity index (χ2v) is 7.39. The van der Waals surface area contributed by atoms with E-state index >= 15 is 0 Å². The monoisotopic (exact) mass is 414 g/mol. The highest BCUT2D eigenvalue weighted by Gasteiger charge is 2.22. The largest absolute Gasteiger partial charge is 0.497 e. The van der Waals surface area contributed by atoms with E-state index in [1.165, 1.54) is 22.1 Å². The maximum atomic E-state index is 14.2. The van der Waals surface area contributed by atoms with Crippen LogP contribution in [-0.2, 0) is 0 Å². The molecule has 0 saturated carbocycles. The topological polar surface area (TPSA) is 69.0 Å². The van der Waals surface area contributed by atoms with E-state index in [0.29, 0.717) is 27.8 Å². The van der Waals surface area contributed by atoms with Crippen LogP contribution >= 0.6 is 11.3 Å². The predicted octanol–water partition coefficient (Wildman–Crippen LogP) is 4.64. The van der Waals surface area contributed by atoms with E-state index in [4.69, 9.17) is 4.74 Å². The molecule has 1 N–H and O–H groups in total. The van der Waals surface area contributed by atoms with Crippen molar-refractivity contribution in [2.75, 3.05) is 12.4 Å². The van der Waals surface area contributed by atoms with Crippen LogP contribution in [0.15, 0.2) is 36.4 Å². The minimum Gasteiger partial charge on any atom is -0.497 e. The minimum atomic E-state index is -0.761. The normalized spacial score (nSPS) is 11.1. The summed E-state index contributed by atoms with van der Waals surface area (Å²) < 4.78 is 34.7. The Labute approximate surface area is 168 Å². The molecule has 0 radical (unpaired) electrons. The van der Waals surface area contributed by atoms with Gasteiger partial charge in [-0.2, -0.15) is 5.10 Å². The second-order valence-electron chi connectivity index (χ2n) is 6.36. The fourth-order valence-corrected chi connectivity index (χ4v) is 3.99. The van der Waals surface area contributed by atoms with E-state index in [1.807, 2.05) is 12.1 Å². The predicted molar refractivity (Wildman–Crippen MR) is 107 cm³/mol. The van der Waals surface area contributed by atoms with Crippen LogP contribution in [0.4, 0.5) is 13.9 Å². The number of hydrogen-bond acceptors (Lipinski definition) is 5. The van der Waals surface area contributed by atoms with E-state index in [-0.39, 0.29) is 5.69 Å². The average molecular weight is 414 g/mol. The molecule has 0 saturated heterocycles. The zero-order valence-corrected chi connectivity index (χ0v) is 16.6. The lowest BCUT2D eigenvalue weighted by Gasteiger charge is -2.06. The van der Waals surface area contributed by atoms with Crippen LogP contribution in [0.5, 0.6) is 5.75 Å². The quantitative estimate of drug-likeness (QED) is 0.528. The second kappa shape index (κ2) is 7.25. The summed E-state index contributed by atoms with van der Waals surface area (Å²) >= 11 is 1.32. The molecule has 6 nitrogen and oxygen atoms in total. The molecular formula is C20H16F2N4O2S. The molecule has 0 spiro atoms. The van der Waals surface area contributed by atoms with Gasteiger partial charge in [0.15, 0.2) is 10.9 Å². The number of carbonyl (C=O) groups is 1. The molecule has 29 heavy (non-hydrogen) atoms. The number of aryl methyl sites for hydroxylation is 1. The minimum absolute atomic E-state index is 0.0677. The number of nitrogens with one attached hydrogen (secondary N) is 1. The number of methoxy groups -OCH3 is 1. The van der Waals surface area contributed by atoms with Crippen molar-refractivity contribution in [3.8, 4) is 11.4 Å². The van der Waals surface area contributed by atoms with Crippen LogP contribution < -0.4 is 10.1 Å². The number of benzene rings is 2. The van der Waals surface area contributed by atoms with Gasteiger partial charge in [-0.05, 0) is 44.2 Å². The number of hydrogen-bond donors (Lipinski definition) is 1. The standard InChI is InChI=1S/C20H16F2N4O2S/c1-10-18(11(2)26(25-10)16-7-4-12(21)8-14(16)22)19(27)24-20-23-15-6-5-13(28-3)9-17(15)29-20/h4-9H,1-3H3,(H,23,24,27). The number of ether oxygens (including phenoxy) is 1. The molecule has 0 aliphatic heterocycles. The van der Waals surface area contributed by atoms with Gasteiger partial charge >= 0.3 is 0 Å². The average Bonchev–Trinajstić information content (AvgIpc) is 3.20. The highest BCUT2D eigenvalue weighted by atomic mass is 32.1. The summed E-state index contributed by atoms with van der Waals surface area (Å²) in [4.78, 5) is 17.3. The Morgan fingerprint density at radius 2 is 1.97 bits per heavy atom. The molecule has 0 aliphatic rings. The molecule has 9 heteroatoms. The highest BCUT2D eigenvalue weighted by molar-refractivity contribution is 7.22. The Bertz CT molecular complexity index is 1250. The first-order chi connectivity index (χ1) is 13.9. The molecular weight excluding hydrogens is 398 g/mol. The zero-order chi connectivity index (χ0) is 20.7. The van der Waals surface area contributed by atoms with Crippen molar-refractivity contribution >= 4 is 32.6 Å². The van der Waals surface area contributed by atoms with Gasteiger partial charge < -0.3 is 4.74 Å². The lowest BCUT2D eigenvalue weighted by molar-refractivity contribution is 0.102. The van der Waals surface area contributed by atoms with Gasteiger partial charge in [0.1, 0.15) is 17.3 Å². The van der Waals surface area contributed by atoms with Crippen LogP contribution in [0.3, 0.4) is 0 Å². The van der Waals surface area contributed by atoms with Gasteiger partial charge in [0.05, 0.1) is 34.3 Å². The van der Waals surface area contributed by atoms with E-state index in [2.05, 4.69) is 15.4 Å². The summed E-state index contributed by atoms with van der Waals surface area (Å²) in [6, 6.07) is 8.65. The molecule has 0 aliphatic carbocycles. The molecule has 148 valence electrons. The number of aromatic nitrogens is 3. The van der Waals surface area contributed by atoms with Crippen LogP contribution in [0.25, 0.3) is 15.9 Å². The molecule has 2 aromatic heterocycles. The lowest BCUT2D eigenvalue weighted by atomic mass is 10.2. The Morgan fingerprint density at radius 1 is 1.17 bits per heavy atom. The summed E-state index contributed by atoms with van der Waals surface area (Å²) in [7, 11) is 1.58. The number of nitrogens with zero attached hydrogens (tertiary/aromatic N) is 3. The first-order valence-electron chi connectivity index (χ1n) is 8.65. The van der Waals surface area contributed by atoms with Crippen molar-refractivity contribution < 1.29 is 18.3 Å². The maximum absolute atomic E-state index is 14.2. The Hall–Kier alpha value is -3.33. The molecule has 0 bridgehead atoms. The third kappa shape index (κ3) is 3.44. The third-order valence-electron chi connectivity index (χ3n) is 4.47. The number of fused-ring (bicyclic) bond motifs is 1. The number of halogens is 2. The fourth-order valence-electron chi connectivity index (χ4n) is 3.10. The first kappa shape index (κ1) is 19.0. The van der Waals surface area contributed by atoms with Gasteiger partial charge in [0.2, 0.25) is 0 Å². The third-order valence-corrected chi connectivity index (χ3v) is 5.41. The molecule has 4 rings (SSSR count). The van der Waals surface area contributed by atoms with Gasteiger partial charge in [-0.1, -0.05) is 11.3 Å². The highest BCUT2D eigenvalue weighted by Crippen LogP contribution is 2.30. The number of carbonyl (C=O) groups excluding carboxylic acids is 1. The molecule has 0 unspecified atom stereocenters. The Balaban J connectivity index is 1.66. The number of anilines is 1. The molecule has 1 amide bonds. The van der Waals surface area contributed by atoms with E-state index in [1.54, 1.807) is 27.0 Å². The van der Waals surface area contributed by atoms with Crippen molar-refractivity contribution in [3.63, 3.8) is 0 Å². The Kier molecular flexibility index (Phi) is 4.75. The zero-order valence-electron chi connectivity index (χ0n) is 15.8. The SMILES string of the molecule is COc1ccc2nc(NC(=O)c3c(C)nn(-c4ccc(F)cc4F)c3C)sc2c1. The van der Waals surface area contributed by atoms with Gasteiger partial charge in [0.25, 0.3) is 5.91 Å². The summed E-state index contributed by atoms with van der Waals surface area (Å²) in [5.41, 5.74) is 1.98. The molecule has 2 heterocycles. The summed E-state index contributed by atoms with van der Waals surface area (Å²) in [5.74, 6) is -1.14. The number of rotatable bonds is 4. The van der Waals surface area contributed by atoms with Crippen molar-refractivity contribution in [3.05, 3.63) is 65.0 Å². The molecule has 0 fully saturated rings. The summed E-state index contributed by atoms with van der Waals surface area (Å²) in [6.45, 7) is 3.31. The summed E-state index contributed by atoms with van der Waals surface area (Å²) in [5, 5.41) is 7.46. The van der Waals surface area contributed by atoms with Crippen LogP contribution in [0.1, 0.15) is 21.7 Å².